The van der Waals surface area contributed by atoms with Crippen LogP contribution in [0.1, 0.15) is 11.3 Å². The predicted molar refractivity (Wildman–Crippen MR) is 112 cm³/mol. The molecule has 0 atom stereocenters. The van der Waals surface area contributed by atoms with Crippen LogP contribution in [-0.2, 0) is 0 Å². The lowest BCUT2D eigenvalue weighted by Crippen LogP contribution is -2.07. The van der Waals surface area contributed by atoms with E-state index in [9.17, 15) is 4.39 Å². The Kier molecular flexibility index (Phi) is 5.25. The second kappa shape index (κ2) is 8.16. The number of aryl methyl sites for hydroxylation is 1. The molecule has 0 bridgehead atoms. The van der Waals surface area contributed by atoms with E-state index in [1.54, 1.807) is 35.3 Å². The lowest BCUT2D eigenvalue weighted by atomic mass is 10.3. The summed E-state index contributed by atoms with van der Waals surface area (Å²) in [7, 11) is 1.41. The smallest absolute Gasteiger partial charge is 0.229 e. The molecule has 0 unspecified atom stereocenters. The molecule has 0 aliphatic rings. The number of halogens is 1. The Morgan fingerprint density at radius 2 is 1.87 bits per heavy atom. The summed E-state index contributed by atoms with van der Waals surface area (Å²) in [6.07, 6.45) is 3.34. The number of methoxy groups -OCH3 is 1. The highest BCUT2D eigenvalue weighted by molar-refractivity contribution is 5.62. The van der Waals surface area contributed by atoms with E-state index in [1.807, 2.05) is 32.0 Å². The molecule has 8 nitrogen and oxygen atoms in total. The van der Waals surface area contributed by atoms with Crippen LogP contribution in [0.2, 0.25) is 0 Å². The molecule has 0 amide bonds. The van der Waals surface area contributed by atoms with Gasteiger partial charge in [0.2, 0.25) is 5.95 Å². The zero-order valence-corrected chi connectivity index (χ0v) is 16.7. The standard InChI is InChI=1S/C21H20FN7O/c1-13-14(2)28-29(19-6-4-5-10-23-19)20(13)26-18-9-11-24-21(27-18)25-15-7-8-16(22)17(12-15)30-3/h4-12H,1-3H3,(H2,24,25,26,27). The van der Waals surface area contributed by atoms with Crippen LogP contribution in [0.5, 0.6) is 5.75 Å². The molecule has 4 rings (SSSR count). The molecule has 3 heterocycles. The van der Waals surface area contributed by atoms with Crippen molar-refractivity contribution >= 4 is 23.3 Å². The van der Waals surface area contributed by atoms with Crippen LogP contribution in [0.3, 0.4) is 0 Å². The van der Waals surface area contributed by atoms with Crippen molar-refractivity contribution in [1.82, 2.24) is 24.7 Å². The van der Waals surface area contributed by atoms with Crippen molar-refractivity contribution in [3.05, 3.63) is 71.9 Å². The van der Waals surface area contributed by atoms with Gasteiger partial charge < -0.3 is 15.4 Å². The van der Waals surface area contributed by atoms with E-state index in [-0.39, 0.29) is 5.75 Å². The first-order valence-electron chi connectivity index (χ1n) is 9.23. The molecule has 0 saturated heterocycles. The third-order valence-electron chi connectivity index (χ3n) is 4.54. The van der Waals surface area contributed by atoms with Crippen LogP contribution in [0, 0.1) is 19.7 Å². The van der Waals surface area contributed by atoms with E-state index in [0.29, 0.717) is 23.3 Å². The van der Waals surface area contributed by atoms with Crippen molar-refractivity contribution in [1.29, 1.82) is 0 Å². The first-order chi connectivity index (χ1) is 14.5. The van der Waals surface area contributed by atoms with Crippen LogP contribution < -0.4 is 15.4 Å². The Morgan fingerprint density at radius 3 is 2.63 bits per heavy atom. The monoisotopic (exact) mass is 405 g/mol. The predicted octanol–water partition coefficient (Wildman–Crippen LogP) is 4.31. The van der Waals surface area contributed by atoms with Gasteiger partial charge in [-0.3, -0.25) is 0 Å². The molecule has 0 spiro atoms. The minimum atomic E-state index is -0.437. The maximum atomic E-state index is 13.6. The second-order valence-corrected chi connectivity index (χ2v) is 6.52. The van der Waals surface area contributed by atoms with Crippen molar-refractivity contribution in [2.24, 2.45) is 0 Å². The zero-order chi connectivity index (χ0) is 21.1. The number of aromatic nitrogens is 5. The number of rotatable bonds is 6. The molecule has 3 aromatic heterocycles. The van der Waals surface area contributed by atoms with Gasteiger partial charge in [0, 0.05) is 29.7 Å². The number of anilines is 4. The average Bonchev–Trinajstić information content (AvgIpc) is 3.04. The summed E-state index contributed by atoms with van der Waals surface area (Å²) >= 11 is 0. The highest BCUT2D eigenvalue weighted by Crippen LogP contribution is 2.26. The Hall–Kier alpha value is -4.01. The van der Waals surface area contributed by atoms with E-state index in [0.717, 1.165) is 17.1 Å². The molecule has 0 aliphatic carbocycles. The van der Waals surface area contributed by atoms with E-state index < -0.39 is 5.82 Å². The van der Waals surface area contributed by atoms with Gasteiger partial charge in [-0.15, -0.1) is 0 Å². The molecular weight excluding hydrogens is 385 g/mol. The number of ether oxygens (including phenoxy) is 1. The lowest BCUT2D eigenvalue weighted by molar-refractivity contribution is 0.387. The fourth-order valence-electron chi connectivity index (χ4n) is 2.87. The SMILES string of the molecule is COc1cc(Nc2nccc(Nc3c(C)c(C)nn3-c3ccccn3)n2)ccc1F. The van der Waals surface area contributed by atoms with Gasteiger partial charge >= 0.3 is 0 Å². The molecule has 0 fully saturated rings. The molecule has 9 heteroatoms. The normalized spacial score (nSPS) is 10.7. The number of hydrogen-bond acceptors (Lipinski definition) is 7. The first kappa shape index (κ1) is 19.3. The third kappa shape index (κ3) is 3.90. The maximum Gasteiger partial charge on any atom is 0.229 e. The number of benzene rings is 1. The zero-order valence-electron chi connectivity index (χ0n) is 16.7. The van der Waals surface area contributed by atoms with Gasteiger partial charge in [-0.2, -0.15) is 14.8 Å². The van der Waals surface area contributed by atoms with Crippen LogP contribution in [0.4, 0.5) is 27.7 Å². The van der Waals surface area contributed by atoms with Crippen LogP contribution in [-0.4, -0.2) is 31.8 Å². The van der Waals surface area contributed by atoms with E-state index in [2.05, 4.69) is 30.7 Å². The number of hydrogen-bond donors (Lipinski definition) is 2. The summed E-state index contributed by atoms with van der Waals surface area (Å²) in [6, 6.07) is 11.8. The summed E-state index contributed by atoms with van der Waals surface area (Å²) in [5.41, 5.74) is 2.47. The summed E-state index contributed by atoms with van der Waals surface area (Å²) in [5, 5.41) is 10.9. The van der Waals surface area contributed by atoms with Crippen molar-refractivity contribution in [3.8, 4) is 11.6 Å². The fourth-order valence-corrected chi connectivity index (χ4v) is 2.87. The third-order valence-corrected chi connectivity index (χ3v) is 4.54. The Morgan fingerprint density at radius 1 is 1.00 bits per heavy atom. The van der Waals surface area contributed by atoms with Gasteiger partial charge in [0.1, 0.15) is 11.6 Å². The van der Waals surface area contributed by atoms with Crippen LogP contribution >= 0.6 is 0 Å². The maximum absolute atomic E-state index is 13.6. The average molecular weight is 405 g/mol. The summed E-state index contributed by atoms with van der Waals surface area (Å²) in [5.74, 6) is 2.09. The number of pyridine rings is 1. The molecular formula is C21H20FN7O. The minimum absolute atomic E-state index is 0.139. The van der Waals surface area contributed by atoms with Gasteiger partial charge in [0.15, 0.2) is 17.4 Å². The Bertz CT molecular complexity index is 1180. The molecule has 152 valence electrons. The van der Waals surface area contributed by atoms with Crippen LogP contribution in [0.15, 0.2) is 54.9 Å². The molecule has 2 N–H and O–H groups in total. The number of nitrogens with one attached hydrogen (secondary N) is 2. The van der Waals surface area contributed by atoms with Gasteiger partial charge in [-0.25, -0.2) is 14.4 Å². The number of nitrogens with zero attached hydrogens (tertiary/aromatic N) is 5. The summed E-state index contributed by atoms with van der Waals surface area (Å²) < 4.78 is 20.4. The van der Waals surface area contributed by atoms with Crippen LogP contribution in [0.25, 0.3) is 5.82 Å². The molecule has 30 heavy (non-hydrogen) atoms. The minimum Gasteiger partial charge on any atom is -0.494 e. The van der Waals surface area contributed by atoms with Gasteiger partial charge in [-0.05, 0) is 44.2 Å². The fraction of sp³-hybridized carbons (Fsp3) is 0.143. The quantitative estimate of drug-likeness (QED) is 0.494. The Balaban J connectivity index is 1.62. The Labute approximate surface area is 172 Å². The molecule has 1 aromatic carbocycles. The lowest BCUT2D eigenvalue weighted by Gasteiger charge is -2.11. The second-order valence-electron chi connectivity index (χ2n) is 6.52. The van der Waals surface area contributed by atoms with E-state index in [4.69, 9.17) is 4.74 Å². The summed E-state index contributed by atoms with van der Waals surface area (Å²) in [6.45, 7) is 3.92. The highest BCUT2D eigenvalue weighted by Gasteiger charge is 2.15. The van der Waals surface area contributed by atoms with Crippen molar-refractivity contribution in [2.45, 2.75) is 13.8 Å². The van der Waals surface area contributed by atoms with Gasteiger partial charge in [0.25, 0.3) is 0 Å². The van der Waals surface area contributed by atoms with Crippen molar-refractivity contribution in [3.63, 3.8) is 0 Å². The highest BCUT2D eigenvalue weighted by atomic mass is 19.1. The van der Waals surface area contributed by atoms with Gasteiger partial charge in [0.05, 0.1) is 12.8 Å². The van der Waals surface area contributed by atoms with E-state index in [1.165, 1.54) is 13.2 Å². The first-order valence-corrected chi connectivity index (χ1v) is 9.23. The van der Waals surface area contributed by atoms with E-state index >= 15 is 0 Å². The molecule has 0 saturated carbocycles. The molecule has 0 radical (unpaired) electrons. The summed E-state index contributed by atoms with van der Waals surface area (Å²) in [4.78, 5) is 13.1. The molecule has 4 aromatic rings. The van der Waals surface area contributed by atoms with Gasteiger partial charge in [-0.1, -0.05) is 6.07 Å². The van der Waals surface area contributed by atoms with Crippen molar-refractivity contribution < 1.29 is 9.13 Å². The topological polar surface area (TPSA) is 89.8 Å². The largest absolute Gasteiger partial charge is 0.494 e. The van der Waals surface area contributed by atoms with Crippen molar-refractivity contribution in [2.75, 3.05) is 17.7 Å². The molecule has 0 aliphatic heterocycles.